The number of benzene rings is 2. The molecule has 1 N–H and O–H groups in total. The number of carbonyl (C=O) groups is 1. The van der Waals surface area contributed by atoms with Gasteiger partial charge in [0, 0.05) is 55.2 Å². The third-order valence-electron chi connectivity index (χ3n) is 3.79. The van der Waals surface area contributed by atoms with Crippen LogP contribution in [0.5, 0.6) is 0 Å². The minimum Gasteiger partial charge on any atom is -0.378 e. The zero-order chi connectivity index (χ0) is 15.7. The lowest BCUT2D eigenvalue weighted by Gasteiger charge is -2.13. The first-order valence-corrected chi connectivity index (χ1v) is 7.18. The Morgan fingerprint density at radius 2 is 1.77 bits per heavy atom. The molecular weight excluding hydrogens is 274 g/mol. The summed E-state index contributed by atoms with van der Waals surface area (Å²) in [6, 6.07) is 15.5. The molecule has 4 nitrogen and oxygen atoms in total. The summed E-state index contributed by atoms with van der Waals surface area (Å²) in [5.41, 5.74) is 3.68. The minimum atomic E-state index is -0.0941. The van der Waals surface area contributed by atoms with Gasteiger partial charge in [-0.15, -0.1) is 0 Å². The average molecular weight is 293 g/mol. The normalized spacial score (nSPS) is 10.7. The molecule has 0 aliphatic rings. The second-order valence-corrected chi connectivity index (χ2v) is 5.60. The van der Waals surface area contributed by atoms with Crippen molar-refractivity contribution in [3.05, 3.63) is 60.3 Å². The fourth-order valence-corrected chi connectivity index (χ4v) is 2.47. The summed E-state index contributed by atoms with van der Waals surface area (Å²) in [5, 5.41) is 4.00. The molecule has 3 rings (SSSR count). The number of fused-ring (bicyclic) bond motifs is 1. The van der Waals surface area contributed by atoms with E-state index < -0.39 is 0 Å². The molecule has 0 aliphatic carbocycles. The van der Waals surface area contributed by atoms with Gasteiger partial charge in [-0.25, -0.2) is 0 Å². The van der Waals surface area contributed by atoms with Crippen molar-refractivity contribution >= 4 is 28.2 Å². The quantitative estimate of drug-likeness (QED) is 0.802. The lowest BCUT2D eigenvalue weighted by molar-refractivity contribution is 0.102. The summed E-state index contributed by atoms with van der Waals surface area (Å²) in [6.45, 7) is 0. The van der Waals surface area contributed by atoms with E-state index in [-0.39, 0.29) is 5.91 Å². The van der Waals surface area contributed by atoms with Crippen molar-refractivity contribution in [3.8, 4) is 0 Å². The van der Waals surface area contributed by atoms with Crippen molar-refractivity contribution in [3.63, 3.8) is 0 Å². The number of nitrogens with zero attached hydrogens (tertiary/aromatic N) is 2. The Morgan fingerprint density at radius 3 is 2.45 bits per heavy atom. The molecule has 0 aliphatic heterocycles. The summed E-state index contributed by atoms with van der Waals surface area (Å²) >= 11 is 0. The van der Waals surface area contributed by atoms with E-state index in [1.54, 1.807) is 0 Å². The molecule has 4 heteroatoms. The molecule has 3 aromatic rings. The smallest absolute Gasteiger partial charge is 0.255 e. The Kier molecular flexibility index (Phi) is 3.59. The Balaban J connectivity index is 1.80. The van der Waals surface area contributed by atoms with Crippen molar-refractivity contribution in [1.29, 1.82) is 0 Å². The van der Waals surface area contributed by atoms with E-state index in [2.05, 4.69) is 5.32 Å². The first kappa shape index (κ1) is 14.2. The molecule has 0 fully saturated rings. The van der Waals surface area contributed by atoms with Crippen molar-refractivity contribution in [2.75, 3.05) is 24.3 Å². The maximum Gasteiger partial charge on any atom is 0.255 e. The summed E-state index contributed by atoms with van der Waals surface area (Å²) < 4.78 is 2.04. The van der Waals surface area contributed by atoms with E-state index in [0.717, 1.165) is 22.3 Å². The molecule has 112 valence electrons. The Bertz CT molecular complexity index is 816. The van der Waals surface area contributed by atoms with Crippen molar-refractivity contribution in [2.45, 2.75) is 0 Å². The Hall–Kier alpha value is -2.75. The first-order valence-electron chi connectivity index (χ1n) is 7.18. The average Bonchev–Trinajstić information content (AvgIpc) is 2.88. The maximum absolute atomic E-state index is 12.4. The van der Waals surface area contributed by atoms with Gasteiger partial charge in [0.1, 0.15) is 0 Å². The zero-order valence-corrected chi connectivity index (χ0v) is 13.0. The van der Waals surface area contributed by atoms with Crippen LogP contribution >= 0.6 is 0 Å². The highest BCUT2D eigenvalue weighted by atomic mass is 16.1. The van der Waals surface area contributed by atoms with Gasteiger partial charge in [0.15, 0.2) is 0 Å². The fourth-order valence-electron chi connectivity index (χ4n) is 2.47. The number of aromatic nitrogens is 1. The van der Waals surface area contributed by atoms with Crippen molar-refractivity contribution in [2.24, 2.45) is 7.05 Å². The van der Waals surface area contributed by atoms with Crippen LogP contribution in [0.3, 0.4) is 0 Å². The van der Waals surface area contributed by atoms with E-state index in [4.69, 9.17) is 0 Å². The summed E-state index contributed by atoms with van der Waals surface area (Å²) in [7, 11) is 5.97. The van der Waals surface area contributed by atoms with Crippen LogP contribution in [-0.4, -0.2) is 24.6 Å². The molecule has 0 saturated heterocycles. The third kappa shape index (κ3) is 2.68. The molecule has 1 aromatic heterocycles. The van der Waals surface area contributed by atoms with Gasteiger partial charge in [-0.2, -0.15) is 0 Å². The van der Waals surface area contributed by atoms with Crippen LogP contribution < -0.4 is 10.2 Å². The molecule has 1 heterocycles. The Morgan fingerprint density at radius 1 is 1.05 bits per heavy atom. The van der Waals surface area contributed by atoms with Gasteiger partial charge >= 0.3 is 0 Å². The van der Waals surface area contributed by atoms with E-state index in [9.17, 15) is 4.79 Å². The number of amides is 1. The lowest BCUT2D eigenvalue weighted by Crippen LogP contribution is -2.12. The van der Waals surface area contributed by atoms with Crippen molar-refractivity contribution < 1.29 is 4.79 Å². The van der Waals surface area contributed by atoms with Crippen LogP contribution in [0.2, 0.25) is 0 Å². The highest BCUT2D eigenvalue weighted by molar-refractivity contribution is 6.06. The van der Waals surface area contributed by atoms with Gasteiger partial charge in [-0.1, -0.05) is 0 Å². The van der Waals surface area contributed by atoms with Gasteiger partial charge in [0.25, 0.3) is 5.91 Å². The second kappa shape index (κ2) is 5.56. The number of hydrogen-bond acceptors (Lipinski definition) is 2. The molecule has 0 spiro atoms. The van der Waals surface area contributed by atoms with Crippen LogP contribution in [-0.2, 0) is 7.05 Å². The van der Waals surface area contributed by atoms with E-state index >= 15 is 0 Å². The van der Waals surface area contributed by atoms with Gasteiger partial charge in [0.2, 0.25) is 0 Å². The monoisotopic (exact) mass is 293 g/mol. The molecule has 22 heavy (non-hydrogen) atoms. The summed E-state index contributed by atoms with van der Waals surface area (Å²) in [6.07, 6.45) is 1.99. The summed E-state index contributed by atoms with van der Waals surface area (Å²) in [4.78, 5) is 14.4. The highest BCUT2D eigenvalue weighted by Gasteiger charge is 2.08. The zero-order valence-electron chi connectivity index (χ0n) is 13.0. The Labute approximate surface area is 130 Å². The predicted molar refractivity (Wildman–Crippen MR) is 91.6 cm³/mol. The van der Waals surface area contributed by atoms with E-state index in [1.165, 1.54) is 0 Å². The number of anilines is 2. The molecule has 0 bridgehead atoms. The van der Waals surface area contributed by atoms with Crippen LogP contribution in [0.4, 0.5) is 11.4 Å². The largest absolute Gasteiger partial charge is 0.378 e. The predicted octanol–water partition coefficient (Wildman–Crippen LogP) is 3.50. The van der Waals surface area contributed by atoms with Crippen LogP contribution in [0, 0.1) is 0 Å². The molecule has 0 radical (unpaired) electrons. The number of carbonyl (C=O) groups excluding carboxylic acids is 1. The van der Waals surface area contributed by atoms with Crippen LogP contribution in [0.15, 0.2) is 54.7 Å². The second-order valence-electron chi connectivity index (χ2n) is 5.60. The molecule has 0 saturated carbocycles. The molecular formula is C18H19N3O. The fraction of sp³-hybridized carbons (Fsp3) is 0.167. The van der Waals surface area contributed by atoms with Gasteiger partial charge in [-0.05, 0) is 48.5 Å². The number of rotatable bonds is 3. The van der Waals surface area contributed by atoms with Gasteiger partial charge in [-0.3, -0.25) is 4.79 Å². The molecule has 1 amide bonds. The van der Waals surface area contributed by atoms with Crippen LogP contribution in [0.1, 0.15) is 10.4 Å². The number of hydrogen-bond donors (Lipinski definition) is 1. The molecule has 0 unspecified atom stereocenters. The summed E-state index contributed by atoms with van der Waals surface area (Å²) in [5.74, 6) is -0.0941. The van der Waals surface area contributed by atoms with Gasteiger partial charge in [0.05, 0.1) is 0 Å². The topological polar surface area (TPSA) is 37.3 Å². The molecule has 2 aromatic carbocycles. The number of aryl methyl sites for hydroxylation is 1. The standard InChI is InChI=1S/C18H19N3O/c1-20(2)16-7-5-15(6-8-16)19-18(22)14-4-9-17-13(12-14)10-11-21(17)3/h4-12H,1-3H3,(H,19,22). The van der Waals surface area contributed by atoms with Gasteiger partial charge < -0.3 is 14.8 Å². The minimum absolute atomic E-state index is 0.0941. The first-order chi connectivity index (χ1) is 10.5. The SMILES string of the molecule is CN(C)c1ccc(NC(=O)c2ccc3c(ccn3C)c2)cc1. The van der Waals surface area contributed by atoms with E-state index in [1.807, 2.05) is 85.3 Å². The lowest BCUT2D eigenvalue weighted by atomic mass is 10.1. The van der Waals surface area contributed by atoms with Crippen LogP contribution in [0.25, 0.3) is 10.9 Å². The molecule has 0 atom stereocenters. The maximum atomic E-state index is 12.4. The van der Waals surface area contributed by atoms with E-state index in [0.29, 0.717) is 5.56 Å². The third-order valence-corrected chi connectivity index (χ3v) is 3.79. The van der Waals surface area contributed by atoms with Crippen molar-refractivity contribution in [1.82, 2.24) is 4.57 Å². The highest BCUT2D eigenvalue weighted by Crippen LogP contribution is 2.19. The number of nitrogens with one attached hydrogen (secondary N) is 1.